The van der Waals surface area contributed by atoms with E-state index in [4.69, 9.17) is 0 Å². The molecule has 3 aromatic heterocycles. The number of hydrogen-bond acceptors (Lipinski definition) is 4. The minimum Gasteiger partial charge on any atom is -0.314 e. The summed E-state index contributed by atoms with van der Waals surface area (Å²) < 4.78 is 16.0. The Hall–Kier alpha value is -2.86. The van der Waals surface area contributed by atoms with Crippen molar-refractivity contribution in [3.8, 4) is 16.1 Å². The first-order chi connectivity index (χ1) is 12.6. The maximum atomic E-state index is 14.1. The van der Waals surface area contributed by atoms with Crippen molar-refractivity contribution in [3.63, 3.8) is 0 Å². The van der Waals surface area contributed by atoms with Crippen molar-refractivity contribution in [2.24, 2.45) is 0 Å². The lowest BCUT2D eigenvalue weighted by molar-refractivity contribution is 0.112. The molecule has 4 aromatic rings. The summed E-state index contributed by atoms with van der Waals surface area (Å²) in [5.41, 5.74) is 5.65. The van der Waals surface area contributed by atoms with Gasteiger partial charge in [0, 0.05) is 28.9 Å². The molecule has 0 aliphatic carbocycles. The van der Waals surface area contributed by atoms with E-state index in [-0.39, 0.29) is 11.7 Å². The highest BCUT2D eigenvalue weighted by molar-refractivity contribution is 7.13. The van der Waals surface area contributed by atoms with Crippen LogP contribution in [0.2, 0.25) is 0 Å². The molecule has 26 heavy (non-hydrogen) atoms. The highest BCUT2D eigenvalue weighted by atomic mass is 32.1. The van der Waals surface area contributed by atoms with E-state index in [1.165, 1.54) is 23.5 Å². The van der Waals surface area contributed by atoms with Crippen molar-refractivity contribution < 1.29 is 9.18 Å². The molecule has 0 saturated carbocycles. The van der Waals surface area contributed by atoms with Crippen LogP contribution in [0.1, 0.15) is 35.8 Å². The van der Waals surface area contributed by atoms with E-state index in [2.05, 4.69) is 23.8 Å². The van der Waals surface area contributed by atoms with Crippen molar-refractivity contribution in [1.29, 1.82) is 0 Å². The summed E-state index contributed by atoms with van der Waals surface area (Å²) in [5, 5.41) is 0.818. The van der Waals surface area contributed by atoms with E-state index in [9.17, 15) is 9.18 Å². The SMILES string of the molecule is CC(C)c1ncsc1-c1cc(F)ccc1-n1cc(C=O)c2ccncc21. The zero-order valence-electron chi connectivity index (χ0n) is 14.3. The summed E-state index contributed by atoms with van der Waals surface area (Å²) in [6.07, 6.45) is 5.97. The Morgan fingerprint density at radius 1 is 1.27 bits per heavy atom. The summed E-state index contributed by atoms with van der Waals surface area (Å²) >= 11 is 1.49. The van der Waals surface area contributed by atoms with Crippen molar-refractivity contribution in [2.75, 3.05) is 0 Å². The van der Waals surface area contributed by atoms with Crippen LogP contribution >= 0.6 is 11.3 Å². The molecule has 0 N–H and O–H groups in total. The van der Waals surface area contributed by atoms with Gasteiger partial charge in [0.1, 0.15) is 5.82 Å². The average Bonchev–Trinajstić information content (AvgIpc) is 3.26. The number of fused-ring (bicyclic) bond motifs is 1. The maximum absolute atomic E-state index is 14.1. The van der Waals surface area contributed by atoms with Crippen LogP contribution in [-0.4, -0.2) is 20.8 Å². The fourth-order valence-corrected chi connectivity index (χ4v) is 4.13. The second-order valence-corrected chi connectivity index (χ2v) is 7.20. The summed E-state index contributed by atoms with van der Waals surface area (Å²) in [5.74, 6) is -0.0852. The first-order valence-electron chi connectivity index (χ1n) is 8.24. The molecule has 6 heteroatoms. The van der Waals surface area contributed by atoms with Crippen LogP contribution < -0.4 is 0 Å². The molecule has 1 aromatic carbocycles. The fraction of sp³-hybridized carbons (Fsp3) is 0.150. The van der Waals surface area contributed by atoms with Crippen molar-refractivity contribution in [1.82, 2.24) is 14.5 Å². The molecule has 0 fully saturated rings. The summed E-state index contributed by atoms with van der Waals surface area (Å²) in [6.45, 7) is 4.13. The quantitative estimate of drug-likeness (QED) is 0.466. The second kappa shape index (κ2) is 6.46. The van der Waals surface area contributed by atoms with Gasteiger partial charge in [-0.15, -0.1) is 11.3 Å². The van der Waals surface area contributed by atoms with Crippen LogP contribution in [0.3, 0.4) is 0 Å². The predicted octanol–water partition coefficient (Wildman–Crippen LogP) is 5.22. The average molecular weight is 365 g/mol. The van der Waals surface area contributed by atoms with Crippen LogP contribution in [0.25, 0.3) is 27.0 Å². The molecule has 0 spiro atoms. The number of carbonyl (C=O) groups is 1. The van der Waals surface area contributed by atoms with E-state index in [1.807, 2.05) is 10.6 Å². The normalized spacial score (nSPS) is 11.4. The number of aldehydes is 1. The number of aromatic nitrogens is 3. The molecule has 0 unspecified atom stereocenters. The Bertz CT molecular complexity index is 1110. The molecule has 0 aliphatic heterocycles. The summed E-state index contributed by atoms with van der Waals surface area (Å²) in [4.78, 5) is 21.1. The summed E-state index contributed by atoms with van der Waals surface area (Å²) in [6, 6.07) is 6.50. The predicted molar refractivity (Wildman–Crippen MR) is 102 cm³/mol. The third kappa shape index (κ3) is 2.63. The van der Waals surface area contributed by atoms with Crippen LogP contribution in [0.15, 0.2) is 48.4 Å². The third-order valence-corrected chi connectivity index (χ3v) is 5.25. The Morgan fingerprint density at radius 3 is 2.88 bits per heavy atom. The van der Waals surface area contributed by atoms with E-state index in [1.54, 1.807) is 30.2 Å². The maximum Gasteiger partial charge on any atom is 0.152 e. The zero-order chi connectivity index (χ0) is 18.3. The highest BCUT2D eigenvalue weighted by Gasteiger charge is 2.19. The number of hydrogen-bond donors (Lipinski definition) is 0. The highest BCUT2D eigenvalue weighted by Crippen LogP contribution is 2.37. The molecular formula is C20H16FN3OS. The molecule has 0 saturated heterocycles. The second-order valence-electron chi connectivity index (χ2n) is 6.35. The number of thiazole rings is 1. The van der Waals surface area contributed by atoms with Gasteiger partial charge in [-0.2, -0.15) is 0 Å². The van der Waals surface area contributed by atoms with Gasteiger partial charge in [-0.05, 0) is 30.2 Å². The largest absolute Gasteiger partial charge is 0.314 e. The van der Waals surface area contributed by atoms with E-state index in [0.29, 0.717) is 5.56 Å². The van der Waals surface area contributed by atoms with Gasteiger partial charge < -0.3 is 4.57 Å². The minimum atomic E-state index is -0.308. The number of nitrogens with zero attached hydrogens (tertiary/aromatic N) is 3. The lowest BCUT2D eigenvalue weighted by Gasteiger charge is -2.13. The Labute approximate surface area is 154 Å². The smallest absolute Gasteiger partial charge is 0.152 e. The van der Waals surface area contributed by atoms with E-state index >= 15 is 0 Å². The van der Waals surface area contributed by atoms with Gasteiger partial charge in [-0.1, -0.05) is 13.8 Å². The van der Waals surface area contributed by atoms with Crippen molar-refractivity contribution in [2.45, 2.75) is 19.8 Å². The third-order valence-electron chi connectivity index (χ3n) is 4.37. The van der Waals surface area contributed by atoms with E-state index < -0.39 is 0 Å². The number of carbonyl (C=O) groups excluding carboxylic acids is 1. The van der Waals surface area contributed by atoms with E-state index in [0.717, 1.165) is 39.0 Å². The molecule has 0 bridgehead atoms. The standard InChI is InChI=1S/C20H16FN3OS/c1-12(2)19-20(26-11-23-19)16-7-14(21)3-4-17(16)24-9-13(10-25)15-5-6-22-8-18(15)24/h3-12H,1-2H3. The van der Waals surface area contributed by atoms with Gasteiger partial charge in [0.25, 0.3) is 0 Å². The van der Waals surface area contributed by atoms with Crippen molar-refractivity contribution >= 4 is 28.5 Å². The number of rotatable bonds is 4. The van der Waals surface area contributed by atoms with Crippen LogP contribution in [0.5, 0.6) is 0 Å². The van der Waals surface area contributed by atoms with Gasteiger partial charge >= 0.3 is 0 Å². The molecule has 0 aliphatic rings. The van der Waals surface area contributed by atoms with Crippen LogP contribution in [-0.2, 0) is 0 Å². The fourth-order valence-electron chi connectivity index (χ4n) is 3.16. The monoisotopic (exact) mass is 365 g/mol. The lowest BCUT2D eigenvalue weighted by atomic mass is 10.0. The molecule has 130 valence electrons. The first-order valence-corrected chi connectivity index (χ1v) is 9.12. The van der Waals surface area contributed by atoms with Crippen molar-refractivity contribution in [3.05, 3.63) is 65.4 Å². The number of benzene rings is 1. The molecule has 3 heterocycles. The molecule has 0 amide bonds. The molecule has 0 atom stereocenters. The molecular weight excluding hydrogens is 349 g/mol. The Kier molecular flexibility index (Phi) is 4.12. The topological polar surface area (TPSA) is 47.8 Å². The van der Waals surface area contributed by atoms with Gasteiger partial charge in [-0.3, -0.25) is 9.78 Å². The van der Waals surface area contributed by atoms with Gasteiger partial charge in [-0.25, -0.2) is 9.37 Å². The number of pyridine rings is 1. The van der Waals surface area contributed by atoms with Crippen LogP contribution in [0, 0.1) is 5.82 Å². The van der Waals surface area contributed by atoms with Crippen LogP contribution in [0.4, 0.5) is 4.39 Å². The number of halogens is 1. The lowest BCUT2D eigenvalue weighted by Crippen LogP contribution is -1.98. The molecule has 4 nitrogen and oxygen atoms in total. The zero-order valence-corrected chi connectivity index (χ0v) is 15.1. The Balaban J connectivity index is 2.03. The first kappa shape index (κ1) is 16.6. The Morgan fingerprint density at radius 2 is 2.12 bits per heavy atom. The van der Waals surface area contributed by atoms with Gasteiger partial charge in [0.05, 0.1) is 33.5 Å². The molecule has 0 radical (unpaired) electrons. The van der Waals surface area contributed by atoms with Gasteiger partial charge in [0.15, 0.2) is 6.29 Å². The van der Waals surface area contributed by atoms with Gasteiger partial charge in [0.2, 0.25) is 0 Å². The molecule has 4 rings (SSSR count). The minimum absolute atomic E-state index is 0.223. The summed E-state index contributed by atoms with van der Waals surface area (Å²) in [7, 11) is 0.